The van der Waals surface area contributed by atoms with Crippen LogP contribution in [0.25, 0.3) is 0 Å². The van der Waals surface area contributed by atoms with E-state index >= 15 is 0 Å². The number of ketones is 1. The van der Waals surface area contributed by atoms with Gasteiger partial charge in [0.1, 0.15) is 5.78 Å². The van der Waals surface area contributed by atoms with E-state index in [1.165, 1.54) is 5.57 Å². The summed E-state index contributed by atoms with van der Waals surface area (Å²) < 4.78 is 0. The topological polar surface area (TPSA) is 37.3 Å². The molecule has 1 N–H and O–H groups in total. The normalized spacial score (nSPS) is 39.1. The molecular weight excluding hydrogens is 212 g/mol. The Morgan fingerprint density at radius 2 is 2.12 bits per heavy atom. The number of Topliss-reactive ketones (excluding diaryl/α,β-unsaturated/α-hetero) is 1. The van der Waals surface area contributed by atoms with Crippen molar-refractivity contribution in [3.05, 3.63) is 12.2 Å². The fourth-order valence-electron chi connectivity index (χ4n) is 3.79. The monoisotopic (exact) mass is 236 g/mol. The third-order valence-corrected chi connectivity index (χ3v) is 4.87. The molecule has 0 unspecified atom stereocenters. The van der Waals surface area contributed by atoms with Crippen molar-refractivity contribution in [2.75, 3.05) is 0 Å². The van der Waals surface area contributed by atoms with E-state index in [2.05, 4.69) is 13.5 Å². The Morgan fingerprint density at radius 1 is 1.47 bits per heavy atom. The Bertz CT molecular complexity index is 350. The average Bonchev–Trinajstić information content (AvgIpc) is 2.13. The van der Waals surface area contributed by atoms with Gasteiger partial charge in [0.15, 0.2) is 0 Å². The lowest BCUT2D eigenvalue weighted by Gasteiger charge is -2.49. The molecule has 0 radical (unpaired) electrons. The van der Waals surface area contributed by atoms with E-state index in [4.69, 9.17) is 0 Å². The molecule has 0 amide bonds. The minimum absolute atomic E-state index is 0.105. The van der Waals surface area contributed by atoms with E-state index in [0.29, 0.717) is 12.3 Å². The molecule has 2 aliphatic rings. The van der Waals surface area contributed by atoms with Crippen molar-refractivity contribution in [3.8, 4) is 0 Å². The summed E-state index contributed by atoms with van der Waals surface area (Å²) in [7, 11) is 0. The highest BCUT2D eigenvalue weighted by Gasteiger charge is 2.49. The van der Waals surface area contributed by atoms with Crippen LogP contribution in [0.3, 0.4) is 0 Å². The average molecular weight is 236 g/mol. The Morgan fingerprint density at radius 3 is 2.71 bits per heavy atom. The minimum Gasteiger partial charge on any atom is -0.390 e. The van der Waals surface area contributed by atoms with Gasteiger partial charge < -0.3 is 5.11 Å². The standard InChI is InChI=1S/C15H24O2/c1-10-6-5-7-15(4)9-13(16)12(8-11(10)15)14(2,3)17/h11-12,17H,1,5-9H2,2-4H3/t11-,12-,15+/m0/s1. The summed E-state index contributed by atoms with van der Waals surface area (Å²) in [4.78, 5) is 12.2. The molecule has 0 heterocycles. The fourth-order valence-corrected chi connectivity index (χ4v) is 3.79. The molecule has 2 nitrogen and oxygen atoms in total. The highest BCUT2D eigenvalue weighted by atomic mass is 16.3. The zero-order chi connectivity index (χ0) is 12.8. The number of hydrogen-bond acceptors (Lipinski definition) is 2. The van der Waals surface area contributed by atoms with Crippen molar-refractivity contribution >= 4 is 5.78 Å². The van der Waals surface area contributed by atoms with E-state index in [1.807, 2.05) is 0 Å². The van der Waals surface area contributed by atoms with Gasteiger partial charge in [0.25, 0.3) is 0 Å². The van der Waals surface area contributed by atoms with E-state index in [1.54, 1.807) is 13.8 Å². The molecule has 2 fully saturated rings. The molecule has 2 aliphatic carbocycles. The number of fused-ring (bicyclic) bond motifs is 1. The van der Waals surface area contributed by atoms with Crippen LogP contribution < -0.4 is 0 Å². The molecule has 96 valence electrons. The van der Waals surface area contributed by atoms with Gasteiger partial charge in [-0.15, -0.1) is 0 Å². The molecular formula is C15H24O2. The lowest BCUT2D eigenvalue weighted by molar-refractivity contribution is -0.141. The number of aliphatic hydroxyl groups is 1. The van der Waals surface area contributed by atoms with Crippen LogP contribution in [0.15, 0.2) is 12.2 Å². The maximum Gasteiger partial charge on any atom is 0.139 e. The van der Waals surface area contributed by atoms with Gasteiger partial charge in [0.2, 0.25) is 0 Å². The first-order valence-electron chi connectivity index (χ1n) is 6.67. The highest BCUT2D eigenvalue weighted by molar-refractivity contribution is 5.84. The van der Waals surface area contributed by atoms with Crippen LogP contribution in [0.1, 0.15) is 52.9 Å². The smallest absolute Gasteiger partial charge is 0.139 e. The maximum absolute atomic E-state index is 12.2. The van der Waals surface area contributed by atoms with Crippen LogP contribution in [0, 0.1) is 17.3 Å². The largest absolute Gasteiger partial charge is 0.390 e. The molecule has 0 bridgehead atoms. The van der Waals surface area contributed by atoms with Gasteiger partial charge in [-0.25, -0.2) is 0 Å². The summed E-state index contributed by atoms with van der Waals surface area (Å²) in [6.07, 6.45) is 4.78. The molecule has 0 aromatic carbocycles. The molecule has 3 atom stereocenters. The van der Waals surface area contributed by atoms with Gasteiger partial charge in [-0.05, 0) is 50.9 Å². The van der Waals surface area contributed by atoms with Gasteiger partial charge in [0.05, 0.1) is 5.60 Å². The van der Waals surface area contributed by atoms with Crippen LogP contribution in [0.4, 0.5) is 0 Å². The van der Waals surface area contributed by atoms with Gasteiger partial charge in [-0.1, -0.05) is 19.1 Å². The molecule has 2 saturated carbocycles. The Balaban J connectivity index is 2.26. The van der Waals surface area contributed by atoms with Crippen LogP contribution in [0.2, 0.25) is 0 Å². The number of allylic oxidation sites excluding steroid dienone is 1. The first kappa shape index (κ1) is 12.8. The summed E-state index contributed by atoms with van der Waals surface area (Å²) in [5, 5.41) is 10.1. The van der Waals surface area contributed by atoms with Crippen molar-refractivity contribution in [2.24, 2.45) is 17.3 Å². The van der Waals surface area contributed by atoms with Crippen molar-refractivity contribution in [1.82, 2.24) is 0 Å². The number of hydrogen-bond donors (Lipinski definition) is 1. The Hall–Kier alpha value is -0.630. The van der Waals surface area contributed by atoms with Crippen LogP contribution in [-0.4, -0.2) is 16.5 Å². The van der Waals surface area contributed by atoms with Crippen LogP contribution in [0.5, 0.6) is 0 Å². The number of carbonyl (C=O) groups is 1. The van der Waals surface area contributed by atoms with Crippen molar-refractivity contribution in [1.29, 1.82) is 0 Å². The molecule has 0 aliphatic heterocycles. The first-order chi connectivity index (χ1) is 7.74. The molecule has 17 heavy (non-hydrogen) atoms. The summed E-state index contributed by atoms with van der Waals surface area (Å²) in [6, 6.07) is 0. The molecule has 2 heteroatoms. The minimum atomic E-state index is -0.893. The predicted molar refractivity (Wildman–Crippen MR) is 68.6 cm³/mol. The summed E-state index contributed by atoms with van der Waals surface area (Å²) in [5.41, 5.74) is 0.505. The third-order valence-electron chi connectivity index (χ3n) is 4.87. The third kappa shape index (κ3) is 2.20. The second-order valence-corrected chi connectivity index (χ2v) is 6.80. The van der Waals surface area contributed by atoms with Crippen LogP contribution in [-0.2, 0) is 4.79 Å². The highest BCUT2D eigenvalue weighted by Crippen LogP contribution is 2.53. The van der Waals surface area contributed by atoms with Crippen molar-refractivity contribution in [2.45, 2.75) is 58.5 Å². The summed E-state index contributed by atoms with van der Waals surface area (Å²) in [6.45, 7) is 9.92. The van der Waals surface area contributed by atoms with E-state index < -0.39 is 5.60 Å². The molecule has 0 saturated heterocycles. The zero-order valence-corrected chi connectivity index (χ0v) is 11.3. The second kappa shape index (κ2) is 3.94. The molecule has 0 aromatic rings. The quantitative estimate of drug-likeness (QED) is 0.710. The Kier molecular flexibility index (Phi) is 2.97. The second-order valence-electron chi connectivity index (χ2n) is 6.80. The van der Waals surface area contributed by atoms with E-state index in [9.17, 15) is 9.90 Å². The number of rotatable bonds is 1. The molecule has 0 aromatic heterocycles. The van der Waals surface area contributed by atoms with E-state index in [-0.39, 0.29) is 17.1 Å². The van der Waals surface area contributed by atoms with Gasteiger partial charge in [0, 0.05) is 12.3 Å². The molecule has 2 rings (SSSR count). The van der Waals surface area contributed by atoms with E-state index in [0.717, 1.165) is 25.7 Å². The summed E-state index contributed by atoms with van der Waals surface area (Å²) in [5.74, 6) is 0.451. The SMILES string of the molecule is C=C1CCC[C@]2(C)CC(=O)[C@@H](C(C)(C)O)C[C@@H]12. The van der Waals surface area contributed by atoms with Crippen molar-refractivity contribution < 1.29 is 9.90 Å². The van der Waals surface area contributed by atoms with Crippen molar-refractivity contribution in [3.63, 3.8) is 0 Å². The van der Waals surface area contributed by atoms with Gasteiger partial charge in [-0.2, -0.15) is 0 Å². The lowest BCUT2D eigenvalue weighted by atomic mass is 9.55. The number of carbonyl (C=O) groups excluding carboxylic acids is 1. The fraction of sp³-hybridized carbons (Fsp3) is 0.800. The zero-order valence-electron chi connectivity index (χ0n) is 11.3. The predicted octanol–water partition coefficient (Wildman–Crippen LogP) is 3.10. The first-order valence-corrected chi connectivity index (χ1v) is 6.67. The lowest BCUT2D eigenvalue weighted by Crippen LogP contribution is -2.49. The van der Waals surface area contributed by atoms with Gasteiger partial charge in [-0.3, -0.25) is 4.79 Å². The molecule has 0 spiro atoms. The van der Waals surface area contributed by atoms with Gasteiger partial charge >= 0.3 is 0 Å². The maximum atomic E-state index is 12.2. The van der Waals surface area contributed by atoms with Crippen LogP contribution >= 0.6 is 0 Å². The summed E-state index contributed by atoms with van der Waals surface area (Å²) >= 11 is 0. The Labute approximate surface area is 104 Å².